The monoisotopic (exact) mass is 373 g/mol. The minimum Gasteiger partial charge on any atom is -0.490 e. The fourth-order valence-electron chi connectivity index (χ4n) is 3.06. The van der Waals surface area contributed by atoms with Gasteiger partial charge in [-0.1, -0.05) is 12.1 Å². The van der Waals surface area contributed by atoms with Crippen LogP contribution in [0.25, 0.3) is 0 Å². The van der Waals surface area contributed by atoms with Crippen molar-refractivity contribution in [3.63, 3.8) is 0 Å². The number of hydrogen-bond acceptors (Lipinski definition) is 5. The van der Waals surface area contributed by atoms with Crippen LogP contribution in [0.3, 0.4) is 0 Å². The minimum absolute atomic E-state index is 0.309. The van der Waals surface area contributed by atoms with E-state index in [1.54, 1.807) is 24.4 Å². The van der Waals surface area contributed by atoms with Crippen molar-refractivity contribution in [2.75, 3.05) is 24.6 Å². The van der Waals surface area contributed by atoms with Crippen LogP contribution < -0.4 is 14.4 Å². The summed E-state index contributed by atoms with van der Waals surface area (Å²) in [4.78, 5) is 11.3. The number of halogens is 1. The second-order valence-corrected chi connectivity index (χ2v) is 8.01. The number of aromatic nitrogens is 2. The first-order valence-corrected chi connectivity index (χ1v) is 9.47. The third-order valence-corrected chi connectivity index (χ3v) is 4.55. The highest BCUT2D eigenvalue weighted by Gasteiger charge is 2.23. The maximum absolute atomic E-state index is 13.7. The Morgan fingerprint density at radius 2 is 1.89 bits per heavy atom. The molecule has 0 N–H and O–H groups in total. The zero-order chi connectivity index (χ0) is 19.4. The first-order valence-electron chi connectivity index (χ1n) is 9.47. The third-order valence-electron chi connectivity index (χ3n) is 4.55. The molecular weight excluding hydrogens is 345 g/mol. The predicted molar refractivity (Wildman–Crippen MR) is 104 cm³/mol. The number of hydrogen-bond donors (Lipinski definition) is 0. The number of aryl methyl sites for hydroxylation is 1. The molecule has 0 amide bonds. The van der Waals surface area contributed by atoms with Crippen LogP contribution in [0.15, 0.2) is 30.5 Å². The topological polar surface area (TPSA) is 47.5 Å². The smallest absolute Gasteiger partial charge is 0.237 e. The molecule has 1 fully saturated rings. The third kappa shape index (κ3) is 5.31. The van der Waals surface area contributed by atoms with Crippen LogP contribution in [0.1, 0.15) is 39.3 Å². The zero-order valence-electron chi connectivity index (χ0n) is 16.5. The van der Waals surface area contributed by atoms with Crippen molar-refractivity contribution in [1.29, 1.82) is 0 Å². The second kappa shape index (κ2) is 8.11. The molecule has 146 valence electrons. The summed E-state index contributed by atoms with van der Waals surface area (Å²) in [5.41, 5.74) is 0.483. The van der Waals surface area contributed by atoms with Crippen molar-refractivity contribution in [1.82, 2.24) is 9.97 Å². The number of para-hydroxylation sites is 1. The molecule has 1 aliphatic rings. The maximum Gasteiger partial charge on any atom is 0.237 e. The Labute approximate surface area is 160 Å². The van der Waals surface area contributed by atoms with Crippen LogP contribution in [-0.2, 0) is 0 Å². The lowest BCUT2D eigenvalue weighted by Crippen LogP contribution is -2.36. The summed E-state index contributed by atoms with van der Waals surface area (Å²) in [7, 11) is 0. The molecule has 6 heteroatoms. The second-order valence-electron chi connectivity index (χ2n) is 8.01. The van der Waals surface area contributed by atoms with E-state index in [2.05, 4.69) is 14.9 Å². The molecule has 0 saturated carbocycles. The molecule has 2 heterocycles. The maximum atomic E-state index is 13.7. The van der Waals surface area contributed by atoms with Crippen LogP contribution >= 0.6 is 0 Å². The van der Waals surface area contributed by atoms with Gasteiger partial charge in [0.15, 0.2) is 17.4 Å². The van der Waals surface area contributed by atoms with Gasteiger partial charge in [0.1, 0.15) is 5.60 Å². The lowest BCUT2D eigenvalue weighted by Gasteiger charge is -2.33. The summed E-state index contributed by atoms with van der Waals surface area (Å²) in [6, 6.07) is 6.55. The highest BCUT2D eigenvalue weighted by atomic mass is 19.1. The molecule has 1 aliphatic heterocycles. The van der Waals surface area contributed by atoms with Crippen molar-refractivity contribution in [2.24, 2.45) is 5.92 Å². The van der Waals surface area contributed by atoms with Gasteiger partial charge in [-0.05, 0) is 58.6 Å². The number of rotatable bonds is 5. The number of benzene rings is 1. The molecule has 5 nitrogen and oxygen atoms in total. The Bertz CT molecular complexity index is 768. The first-order chi connectivity index (χ1) is 12.8. The van der Waals surface area contributed by atoms with Crippen LogP contribution in [-0.4, -0.2) is 35.3 Å². The fourth-order valence-corrected chi connectivity index (χ4v) is 3.06. The number of piperidine rings is 1. The zero-order valence-corrected chi connectivity index (χ0v) is 16.5. The normalized spacial score (nSPS) is 15.7. The highest BCUT2D eigenvalue weighted by molar-refractivity contribution is 5.40. The standard InChI is InChI=1S/C21H28FN3O2/c1-15-20(27-21(2,3)4)24-19(13-23-15)25-11-9-16(10-12-25)14-26-18-8-6-5-7-17(18)22/h5-8,13,16H,9-12,14H2,1-4H3. The summed E-state index contributed by atoms with van der Waals surface area (Å²) in [5, 5.41) is 0. The summed E-state index contributed by atoms with van der Waals surface area (Å²) in [5.74, 6) is 1.85. The van der Waals surface area contributed by atoms with E-state index in [-0.39, 0.29) is 11.4 Å². The van der Waals surface area contributed by atoms with Gasteiger partial charge in [-0.2, -0.15) is 4.98 Å². The minimum atomic E-state index is -0.310. The van der Waals surface area contributed by atoms with Crippen molar-refractivity contribution in [2.45, 2.75) is 46.1 Å². The van der Waals surface area contributed by atoms with E-state index in [1.165, 1.54) is 6.07 Å². The summed E-state index contributed by atoms with van der Waals surface area (Å²) < 4.78 is 25.2. The van der Waals surface area contributed by atoms with E-state index in [0.29, 0.717) is 24.2 Å². The molecule has 2 aromatic rings. The number of ether oxygens (including phenoxy) is 2. The van der Waals surface area contributed by atoms with Gasteiger partial charge in [-0.15, -0.1) is 0 Å². The first kappa shape index (κ1) is 19.4. The van der Waals surface area contributed by atoms with Gasteiger partial charge in [0.25, 0.3) is 0 Å². The largest absolute Gasteiger partial charge is 0.490 e. The van der Waals surface area contributed by atoms with E-state index in [9.17, 15) is 4.39 Å². The fraction of sp³-hybridized carbons (Fsp3) is 0.524. The average molecular weight is 373 g/mol. The molecule has 0 unspecified atom stereocenters. The molecule has 3 rings (SSSR count). The van der Waals surface area contributed by atoms with Gasteiger partial charge in [-0.25, -0.2) is 4.39 Å². The summed E-state index contributed by atoms with van der Waals surface area (Å²) in [6.45, 7) is 10.2. The average Bonchev–Trinajstić information content (AvgIpc) is 2.62. The predicted octanol–water partition coefficient (Wildman–Crippen LogP) is 4.40. The Morgan fingerprint density at radius 1 is 1.19 bits per heavy atom. The molecule has 1 saturated heterocycles. The van der Waals surface area contributed by atoms with Crippen molar-refractivity contribution in [3.05, 3.63) is 42.0 Å². The Balaban J connectivity index is 1.56. The van der Waals surface area contributed by atoms with Gasteiger partial charge in [-0.3, -0.25) is 4.98 Å². The van der Waals surface area contributed by atoms with E-state index in [1.807, 2.05) is 27.7 Å². The highest BCUT2D eigenvalue weighted by Crippen LogP contribution is 2.26. The number of nitrogens with zero attached hydrogens (tertiary/aromatic N) is 3. The van der Waals surface area contributed by atoms with Crippen LogP contribution in [0.4, 0.5) is 10.2 Å². The van der Waals surface area contributed by atoms with E-state index in [4.69, 9.17) is 9.47 Å². The van der Waals surface area contributed by atoms with Gasteiger partial charge >= 0.3 is 0 Å². The molecule has 0 radical (unpaired) electrons. The lowest BCUT2D eigenvalue weighted by molar-refractivity contribution is 0.122. The van der Waals surface area contributed by atoms with E-state index < -0.39 is 0 Å². The molecule has 0 aliphatic carbocycles. The Hall–Kier alpha value is -2.37. The molecule has 0 atom stereocenters. The molecule has 1 aromatic carbocycles. The van der Waals surface area contributed by atoms with Crippen molar-refractivity contribution in [3.8, 4) is 11.6 Å². The molecule has 1 aromatic heterocycles. The van der Waals surface area contributed by atoms with Gasteiger partial charge in [0.2, 0.25) is 5.88 Å². The van der Waals surface area contributed by atoms with Gasteiger partial charge in [0.05, 0.1) is 18.5 Å². The molecule has 27 heavy (non-hydrogen) atoms. The quantitative estimate of drug-likeness (QED) is 0.778. The van der Waals surface area contributed by atoms with E-state index in [0.717, 1.165) is 37.4 Å². The van der Waals surface area contributed by atoms with E-state index >= 15 is 0 Å². The number of anilines is 1. The van der Waals surface area contributed by atoms with Gasteiger partial charge < -0.3 is 14.4 Å². The van der Waals surface area contributed by atoms with Crippen molar-refractivity contribution < 1.29 is 13.9 Å². The summed E-state index contributed by atoms with van der Waals surface area (Å²) >= 11 is 0. The van der Waals surface area contributed by atoms with Gasteiger partial charge in [0, 0.05) is 13.1 Å². The Morgan fingerprint density at radius 3 is 2.56 bits per heavy atom. The molecular formula is C21H28FN3O2. The SMILES string of the molecule is Cc1ncc(N2CCC(COc3ccccc3F)CC2)nc1OC(C)(C)C. The Kier molecular flexibility index (Phi) is 5.82. The van der Waals surface area contributed by atoms with Crippen LogP contribution in [0.2, 0.25) is 0 Å². The van der Waals surface area contributed by atoms with Crippen molar-refractivity contribution >= 4 is 5.82 Å². The summed E-state index contributed by atoms with van der Waals surface area (Å²) in [6.07, 6.45) is 3.75. The van der Waals surface area contributed by atoms with Crippen LogP contribution in [0, 0.1) is 18.7 Å². The van der Waals surface area contributed by atoms with Crippen LogP contribution in [0.5, 0.6) is 11.6 Å². The lowest BCUT2D eigenvalue weighted by atomic mass is 9.98. The molecule has 0 spiro atoms. The molecule has 0 bridgehead atoms.